The van der Waals surface area contributed by atoms with Gasteiger partial charge in [0, 0.05) is 19.1 Å². The highest BCUT2D eigenvalue weighted by molar-refractivity contribution is 7.89. The van der Waals surface area contributed by atoms with E-state index >= 15 is 0 Å². The number of rotatable bonds is 5. The molecule has 1 aromatic rings. The quantitative estimate of drug-likeness (QED) is 0.814. The first-order chi connectivity index (χ1) is 10.9. The smallest absolute Gasteiger partial charge is 0.240 e. The van der Waals surface area contributed by atoms with Crippen LogP contribution in [0.25, 0.3) is 0 Å². The van der Waals surface area contributed by atoms with Crippen molar-refractivity contribution in [1.29, 1.82) is 0 Å². The van der Waals surface area contributed by atoms with Crippen molar-refractivity contribution in [3.8, 4) is 0 Å². The molecule has 1 heterocycles. The van der Waals surface area contributed by atoms with Gasteiger partial charge in [-0.15, -0.1) is 0 Å². The van der Waals surface area contributed by atoms with Gasteiger partial charge in [-0.3, -0.25) is 9.69 Å². The van der Waals surface area contributed by atoms with Gasteiger partial charge < -0.3 is 5.73 Å². The van der Waals surface area contributed by atoms with E-state index in [1.54, 1.807) is 6.07 Å². The van der Waals surface area contributed by atoms with Crippen LogP contribution in [0.5, 0.6) is 0 Å². The summed E-state index contributed by atoms with van der Waals surface area (Å²) >= 11 is 0. The minimum absolute atomic E-state index is 0.0858. The van der Waals surface area contributed by atoms with Gasteiger partial charge in [0.1, 0.15) is 0 Å². The van der Waals surface area contributed by atoms with Crippen molar-refractivity contribution >= 4 is 15.9 Å². The van der Waals surface area contributed by atoms with Gasteiger partial charge in [0.2, 0.25) is 15.9 Å². The van der Waals surface area contributed by atoms with Gasteiger partial charge in [0.25, 0.3) is 0 Å². The van der Waals surface area contributed by atoms with E-state index in [9.17, 15) is 13.2 Å². The number of amides is 1. The molecule has 0 bridgehead atoms. The second kappa shape index (κ2) is 6.59. The summed E-state index contributed by atoms with van der Waals surface area (Å²) in [6.45, 7) is 1.60. The first-order valence-electron chi connectivity index (χ1n) is 8.09. The van der Waals surface area contributed by atoms with Gasteiger partial charge in [0.15, 0.2) is 0 Å². The van der Waals surface area contributed by atoms with Crippen LogP contribution in [0.4, 0.5) is 0 Å². The van der Waals surface area contributed by atoms with Crippen molar-refractivity contribution in [2.75, 3.05) is 19.6 Å². The second-order valence-electron chi connectivity index (χ2n) is 6.42. The number of hydrogen-bond acceptors (Lipinski definition) is 4. The van der Waals surface area contributed by atoms with E-state index in [2.05, 4.69) is 4.72 Å². The molecule has 3 N–H and O–H groups in total. The number of nitrogens with two attached hydrogens (primary N) is 1. The first kappa shape index (κ1) is 16.4. The zero-order valence-corrected chi connectivity index (χ0v) is 13.9. The lowest BCUT2D eigenvalue weighted by Gasteiger charge is -2.31. The van der Waals surface area contributed by atoms with Crippen LogP contribution in [0.2, 0.25) is 0 Å². The minimum Gasteiger partial charge on any atom is -0.369 e. The molecule has 0 spiro atoms. The SMILES string of the molecule is NC(=O)CN1CCC(NS(=O)(=O)c2ccc3c(c2)CCC3)CC1. The average Bonchev–Trinajstić information content (AvgIpc) is 2.96. The number of aryl methyl sites for hydroxylation is 2. The Morgan fingerprint density at radius 1 is 1.22 bits per heavy atom. The molecule has 0 radical (unpaired) electrons. The molecule has 1 aromatic carbocycles. The van der Waals surface area contributed by atoms with Crippen LogP contribution in [-0.4, -0.2) is 44.9 Å². The Bertz CT molecular complexity index is 695. The number of nitrogens with zero attached hydrogens (tertiary/aromatic N) is 1. The molecule has 1 amide bonds. The van der Waals surface area contributed by atoms with Crippen LogP contribution >= 0.6 is 0 Å². The van der Waals surface area contributed by atoms with Gasteiger partial charge in [0.05, 0.1) is 11.4 Å². The average molecular weight is 337 g/mol. The summed E-state index contributed by atoms with van der Waals surface area (Å²) in [5.41, 5.74) is 7.61. The van der Waals surface area contributed by atoms with E-state index in [0.29, 0.717) is 30.8 Å². The highest BCUT2D eigenvalue weighted by atomic mass is 32.2. The summed E-state index contributed by atoms with van der Waals surface area (Å²) in [7, 11) is -3.48. The lowest BCUT2D eigenvalue weighted by atomic mass is 10.1. The number of likely N-dealkylation sites (tertiary alicyclic amines) is 1. The molecular formula is C16H23N3O3S. The topological polar surface area (TPSA) is 92.5 Å². The normalized spacial score (nSPS) is 19.7. The van der Waals surface area contributed by atoms with Gasteiger partial charge in [-0.05, 0) is 55.4 Å². The monoisotopic (exact) mass is 337 g/mol. The third kappa shape index (κ3) is 3.91. The van der Waals surface area contributed by atoms with E-state index in [0.717, 1.165) is 24.8 Å². The van der Waals surface area contributed by atoms with Crippen LogP contribution in [0, 0.1) is 0 Å². The van der Waals surface area contributed by atoms with Crippen LogP contribution in [0.1, 0.15) is 30.4 Å². The molecule has 6 nitrogen and oxygen atoms in total. The van der Waals surface area contributed by atoms with E-state index in [-0.39, 0.29) is 18.5 Å². The lowest BCUT2D eigenvalue weighted by Crippen LogP contribution is -2.46. The van der Waals surface area contributed by atoms with Gasteiger partial charge in [-0.1, -0.05) is 6.07 Å². The molecule has 126 valence electrons. The standard InChI is InChI=1S/C16H23N3O3S/c17-16(20)11-19-8-6-14(7-9-19)18-23(21,22)15-5-4-12-2-1-3-13(12)10-15/h4-5,10,14,18H,1-3,6-9,11H2,(H2,17,20). The zero-order chi connectivity index (χ0) is 16.4. The molecule has 0 atom stereocenters. The predicted molar refractivity (Wildman–Crippen MR) is 87.4 cm³/mol. The third-order valence-electron chi connectivity index (χ3n) is 4.67. The zero-order valence-electron chi connectivity index (χ0n) is 13.1. The summed E-state index contributed by atoms with van der Waals surface area (Å²) in [6.07, 6.45) is 4.49. The minimum atomic E-state index is -3.48. The summed E-state index contributed by atoms with van der Waals surface area (Å²) in [4.78, 5) is 13.2. The van der Waals surface area contributed by atoms with Crippen LogP contribution in [0.15, 0.2) is 23.1 Å². The van der Waals surface area contributed by atoms with Crippen molar-refractivity contribution in [3.05, 3.63) is 29.3 Å². The number of piperidine rings is 1. The number of carbonyl (C=O) groups is 1. The molecule has 0 aromatic heterocycles. The fourth-order valence-electron chi connectivity index (χ4n) is 3.43. The molecule has 1 saturated heterocycles. The first-order valence-corrected chi connectivity index (χ1v) is 9.57. The van der Waals surface area contributed by atoms with E-state index < -0.39 is 10.0 Å². The van der Waals surface area contributed by atoms with Gasteiger partial charge >= 0.3 is 0 Å². The number of carbonyl (C=O) groups excluding carboxylic acids is 1. The van der Waals surface area contributed by atoms with Crippen LogP contribution in [-0.2, 0) is 27.7 Å². The molecule has 1 aliphatic heterocycles. The molecular weight excluding hydrogens is 314 g/mol. The molecule has 7 heteroatoms. The summed E-state index contributed by atoms with van der Waals surface area (Å²) in [5, 5.41) is 0. The number of fused-ring (bicyclic) bond motifs is 1. The molecule has 0 saturated carbocycles. The Morgan fingerprint density at radius 3 is 2.61 bits per heavy atom. The Balaban J connectivity index is 1.62. The van der Waals surface area contributed by atoms with Gasteiger partial charge in [-0.2, -0.15) is 0 Å². The van der Waals surface area contributed by atoms with Crippen LogP contribution in [0.3, 0.4) is 0 Å². The Morgan fingerprint density at radius 2 is 1.91 bits per heavy atom. The lowest BCUT2D eigenvalue weighted by molar-refractivity contribution is -0.119. The number of nitrogens with one attached hydrogen (secondary N) is 1. The summed E-state index contributed by atoms with van der Waals surface area (Å²) in [5.74, 6) is -0.345. The second-order valence-corrected chi connectivity index (χ2v) is 8.14. The maximum absolute atomic E-state index is 12.6. The maximum atomic E-state index is 12.6. The molecule has 2 aliphatic rings. The Labute approximate surface area is 137 Å². The molecule has 0 unspecified atom stereocenters. The number of sulfonamides is 1. The number of primary amides is 1. The van der Waals surface area contributed by atoms with E-state index in [4.69, 9.17) is 5.73 Å². The summed E-state index contributed by atoms with van der Waals surface area (Å²) in [6, 6.07) is 5.37. The highest BCUT2D eigenvalue weighted by Gasteiger charge is 2.26. The van der Waals surface area contributed by atoms with Crippen molar-refractivity contribution in [3.63, 3.8) is 0 Å². The maximum Gasteiger partial charge on any atom is 0.240 e. The fraction of sp³-hybridized carbons (Fsp3) is 0.562. The van der Waals surface area contributed by atoms with Crippen molar-refractivity contribution < 1.29 is 13.2 Å². The van der Waals surface area contributed by atoms with Crippen LogP contribution < -0.4 is 10.5 Å². The molecule has 1 aliphatic carbocycles. The van der Waals surface area contributed by atoms with Crippen molar-refractivity contribution in [2.24, 2.45) is 5.73 Å². The van der Waals surface area contributed by atoms with Crippen molar-refractivity contribution in [1.82, 2.24) is 9.62 Å². The Hall–Kier alpha value is -1.44. The van der Waals surface area contributed by atoms with E-state index in [1.807, 2.05) is 17.0 Å². The largest absolute Gasteiger partial charge is 0.369 e. The fourth-order valence-corrected chi connectivity index (χ4v) is 4.79. The predicted octanol–water partition coefficient (Wildman–Crippen LogP) is 0.403. The molecule has 1 fully saturated rings. The highest BCUT2D eigenvalue weighted by Crippen LogP contribution is 2.25. The Kier molecular flexibility index (Phi) is 4.70. The number of benzene rings is 1. The van der Waals surface area contributed by atoms with E-state index in [1.165, 1.54) is 5.56 Å². The molecule has 3 rings (SSSR count). The van der Waals surface area contributed by atoms with Crippen molar-refractivity contribution in [2.45, 2.75) is 43.0 Å². The third-order valence-corrected chi connectivity index (χ3v) is 6.19. The molecule has 23 heavy (non-hydrogen) atoms. The summed E-state index contributed by atoms with van der Waals surface area (Å²) < 4.78 is 27.9. The van der Waals surface area contributed by atoms with Gasteiger partial charge in [-0.25, -0.2) is 13.1 Å². The number of hydrogen-bond donors (Lipinski definition) is 2.